The molecule has 9 heteroatoms. The van der Waals surface area contributed by atoms with Gasteiger partial charge in [-0.05, 0) is 18.1 Å². The lowest BCUT2D eigenvalue weighted by Gasteiger charge is -2.07. The van der Waals surface area contributed by atoms with Crippen LogP contribution >= 0.6 is 0 Å². The van der Waals surface area contributed by atoms with Gasteiger partial charge >= 0.3 is 6.18 Å². The zero-order valence-electron chi connectivity index (χ0n) is 11.5. The van der Waals surface area contributed by atoms with Crippen molar-refractivity contribution in [3.8, 4) is 5.82 Å². The van der Waals surface area contributed by atoms with E-state index in [9.17, 15) is 13.2 Å². The lowest BCUT2D eigenvalue weighted by molar-refractivity contribution is -0.137. The Morgan fingerprint density at radius 1 is 1.33 bits per heavy atom. The van der Waals surface area contributed by atoms with Gasteiger partial charge in [-0.1, -0.05) is 13.8 Å². The van der Waals surface area contributed by atoms with Crippen LogP contribution in [0.15, 0.2) is 18.3 Å². The Labute approximate surface area is 119 Å². The van der Waals surface area contributed by atoms with Gasteiger partial charge in [-0.15, -0.1) is 5.10 Å². The summed E-state index contributed by atoms with van der Waals surface area (Å²) in [4.78, 5) is 7.70. The number of halogens is 3. The van der Waals surface area contributed by atoms with Crippen molar-refractivity contribution >= 4 is 11.9 Å². The molecule has 2 aromatic rings. The van der Waals surface area contributed by atoms with Gasteiger partial charge in [0.25, 0.3) is 0 Å². The number of pyridine rings is 1. The Morgan fingerprint density at radius 2 is 2.05 bits per heavy atom. The molecular formula is C12H15F3N6. The molecule has 6 nitrogen and oxygen atoms in total. The summed E-state index contributed by atoms with van der Waals surface area (Å²) in [6.07, 6.45) is -3.69. The molecular weight excluding hydrogens is 285 g/mol. The first-order valence-electron chi connectivity index (χ1n) is 6.27. The van der Waals surface area contributed by atoms with E-state index in [1.165, 1.54) is 10.7 Å². The van der Waals surface area contributed by atoms with Gasteiger partial charge in [0, 0.05) is 12.7 Å². The summed E-state index contributed by atoms with van der Waals surface area (Å²) in [5, 5.41) is 7.05. The number of rotatable bonds is 4. The van der Waals surface area contributed by atoms with Crippen molar-refractivity contribution in [1.82, 2.24) is 19.7 Å². The number of alkyl halides is 3. The quantitative estimate of drug-likeness (QED) is 0.905. The topological polar surface area (TPSA) is 81.6 Å². The Bertz CT molecular complexity index is 602. The highest BCUT2D eigenvalue weighted by Crippen LogP contribution is 2.28. The second-order valence-corrected chi connectivity index (χ2v) is 4.88. The predicted octanol–water partition coefficient (Wildman–Crippen LogP) is 2.33. The molecule has 21 heavy (non-hydrogen) atoms. The molecule has 0 aliphatic heterocycles. The maximum absolute atomic E-state index is 12.5. The van der Waals surface area contributed by atoms with Crippen LogP contribution in [-0.4, -0.2) is 26.3 Å². The lowest BCUT2D eigenvalue weighted by atomic mass is 10.2. The SMILES string of the molecule is CC(C)CNc1nc(N)n(-c2ccc(C(F)(F)F)cn2)n1. The molecule has 0 saturated carbocycles. The van der Waals surface area contributed by atoms with Crippen molar-refractivity contribution in [2.24, 2.45) is 5.92 Å². The average molecular weight is 300 g/mol. The standard InChI is InChI=1S/C12H15F3N6/c1-7(2)5-18-11-19-10(16)21(20-11)9-4-3-8(6-17-9)12(13,14)15/h3-4,6-7H,5H2,1-2H3,(H3,16,18,19,20). The molecule has 0 fully saturated rings. The highest BCUT2D eigenvalue weighted by molar-refractivity contribution is 5.39. The van der Waals surface area contributed by atoms with Crippen molar-refractivity contribution < 1.29 is 13.2 Å². The summed E-state index contributed by atoms with van der Waals surface area (Å²) >= 11 is 0. The summed E-state index contributed by atoms with van der Waals surface area (Å²) in [5.41, 5.74) is 4.86. The first-order chi connectivity index (χ1) is 9.77. The summed E-state index contributed by atoms with van der Waals surface area (Å²) in [5.74, 6) is 0.921. The van der Waals surface area contributed by atoms with Crippen LogP contribution in [0.5, 0.6) is 0 Å². The maximum Gasteiger partial charge on any atom is 0.417 e. The average Bonchev–Trinajstić information content (AvgIpc) is 2.77. The zero-order valence-corrected chi connectivity index (χ0v) is 11.5. The molecule has 0 radical (unpaired) electrons. The van der Waals surface area contributed by atoms with Gasteiger partial charge in [-0.25, -0.2) is 4.98 Å². The molecule has 0 spiro atoms. The Hall–Kier alpha value is -2.32. The molecule has 0 atom stereocenters. The molecule has 0 aromatic carbocycles. The van der Waals surface area contributed by atoms with Crippen molar-refractivity contribution in [3.63, 3.8) is 0 Å². The van der Waals surface area contributed by atoms with E-state index < -0.39 is 11.7 Å². The third-order valence-corrected chi connectivity index (χ3v) is 2.59. The monoisotopic (exact) mass is 300 g/mol. The van der Waals surface area contributed by atoms with Crippen LogP contribution in [-0.2, 0) is 6.18 Å². The molecule has 3 N–H and O–H groups in total. The van der Waals surface area contributed by atoms with E-state index in [0.717, 1.165) is 12.3 Å². The van der Waals surface area contributed by atoms with E-state index in [-0.39, 0.29) is 11.8 Å². The smallest absolute Gasteiger partial charge is 0.368 e. The fourth-order valence-corrected chi connectivity index (χ4v) is 1.54. The third-order valence-electron chi connectivity index (χ3n) is 2.59. The van der Waals surface area contributed by atoms with E-state index in [1.807, 2.05) is 13.8 Å². The maximum atomic E-state index is 12.5. The minimum atomic E-state index is -4.43. The number of nitrogens with one attached hydrogen (secondary N) is 1. The molecule has 0 saturated heterocycles. The number of aromatic nitrogens is 4. The molecule has 0 aliphatic rings. The molecule has 114 valence electrons. The Kier molecular flexibility index (Phi) is 4.01. The van der Waals surface area contributed by atoms with Gasteiger partial charge in [0.05, 0.1) is 5.56 Å². The first-order valence-corrected chi connectivity index (χ1v) is 6.27. The number of nitrogens with zero attached hydrogens (tertiary/aromatic N) is 4. The van der Waals surface area contributed by atoms with Crippen LogP contribution in [0.3, 0.4) is 0 Å². The van der Waals surface area contributed by atoms with E-state index in [2.05, 4.69) is 20.4 Å². The minimum absolute atomic E-state index is 0.0496. The van der Waals surface area contributed by atoms with E-state index in [4.69, 9.17) is 5.73 Å². The van der Waals surface area contributed by atoms with Gasteiger partial charge < -0.3 is 11.1 Å². The minimum Gasteiger partial charge on any atom is -0.368 e. The molecule has 2 heterocycles. The predicted molar refractivity (Wildman–Crippen MR) is 71.9 cm³/mol. The van der Waals surface area contributed by atoms with Gasteiger partial charge in [0.2, 0.25) is 11.9 Å². The van der Waals surface area contributed by atoms with Gasteiger partial charge in [-0.2, -0.15) is 22.8 Å². The van der Waals surface area contributed by atoms with E-state index in [0.29, 0.717) is 18.4 Å². The van der Waals surface area contributed by atoms with Crippen molar-refractivity contribution in [2.45, 2.75) is 20.0 Å². The highest BCUT2D eigenvalue weighted by Gasteiger charge is 2.30. The van der Waals surface area contributed by atoms with Crippen molar-refractivity contribution in [2.75, 3.05) is 17.6 Å². The van der Waals surface area contributed by atoms with Crippen molar-refractivity contribution in [3.05, 3.63) is 23.9 Å². The Balaban J connectivity index is 2.22. The lowest BCUT2D eigenvalue weighted by Crippen LogP contribution is -2.10. The van der Waals surface area contributed by atoms with Crippen LogP contribution < -0.4 is 11.1 Å². The van der Waals surface area contributed by atoms with Crippen LogP contribution in [0.25, 0.3) is 5.82 Å². The van der Waals surface area contributed by atoms with Gasteiger partial charge in [0.15, 0.2) is 5.82 Å². The highest BCUT2D eigenvalue weighted by atomic mass is 19.4. The molecule has 0 amide bonds. The van der Waals surface area contributed by atoms with Gasteiger partial charge in [-0.3, -0.25) is 0 Å². The number of hydrogen-bond donors (Lipinski definition) is 2. The van der Waals surface area contributed by atoms with Crippen molar-refractivity contribution in [1.29, 1.82) is 0 Å². The zero-order chi connectivity index (χ0) is 15.6. The Morgan fingerprint density at radius 3 is 2.57 bits per heavy atom. The molecule has 2 rings (SSSR count). The summed E-state index contributed by atoms with van der Waals surface area (Å²) in [7, 11) is 0. The molecule has 2 aromatic heterocycles. The number of nitrogens with two attached hydrogens (primary N) is 1. The fourth-order valence-electron chi connectivity index (χ4n) is 1.54. The molecule has 0 bridgehead atoms. The molecule has 0 aliphatic carbocycles. The van der Waals surface area contributed by atoms with Crippen LogP contribution in [0, 0.1) is 5.92 Å². The second kappa shape index (κ2) is 5.58. The third kappa shape index (κ3) is 3.61. The fraction of sp³-hybridized carbons (Fsp3) is 0.417. The number of anilines is 2. The number of nitrogen functional groups attached to an aromatic ring is 1. The van der Waals surface area contributed by atoms with E-state index in [1.54, 1.807) is 0 Å². The van der Waals surface area contributed by atoms with Crippen LogP contribution in [0.4, 0.5) is 25.1 Å². The van der Waals surface area contributed by atoms with Crippen LogP contribution in [0.2, 0.25) is 0 Å². The van der Waals surface area contributed by atoms with E-state index >= 15 is 0 Å². The van der Waals surface area contributed by atoms with Crippen LogP contribution in [0.1, 0.15) is 19.4 Å². The van der Waals surface area contributed by atoms with Gasteiger partial charge in [0.1, 0.15) is 0 Å². The molecule has 0 unspecified atom stereocenters. The summed E-state index contributed by atoms with van der Waals surface area (Å²) < 4.78 is 38.6. The normalized spacial score (nSPS) is 11.9. The second-order valence-electron chi connectivity index (χ2n) is 4.88. The summed E-state index contributed by atoms with van der Waals surface area (Å²) in [6, 6.07) is 2.12. The number of hydrogen-bond acceptors (Lipinski definition) is 5. The largest absolute Gasteiger partial charge is 0.417 e. The summed E-state index contributed by atoms with van der Waals surface area (Å²) in [6.45, 7) is 4.69. The first kappa shape index (κ1) is 15.1.